The third-order valence-corrected chi connectivity index (χ3v) is 4.86. The third-order valence-electron chi connectivity index (χ3n) is 3.44. The van der Waals surface area contributed by atoms with E-state index in [0.29, 0.717) is 25.6 Å². The second-order valence-electron chi connectivity index (χ2n) is 5.25. The van der Waals surface area contributed by atoms with Gasteiger partial charge in [0.05, 0.1) is 9.83 Å². The molecule has 2 aromatic carbocycles. The number of benzene rings is 2. The molecule has 0 radical (unpaired) electrons. The summed E-state index contributed by atoms with van der Waals surface area (Å²) in [6, 6.07) is 11.4. The number of nitrogens with one attached hydrogen (secondary N) is 1. The van der Waals surface area contributed by atoms with Crippen LogP contribution in [0.25, 0.3) is 6.08 Å². The number of thioether (sulfide) groups is 1. The molecule has 1 saturated heterocycles. The monoisotopic (exact) mass is 406 g/mol. The Bertz CT molecular complexity index is 929. The van der Waals surface area contributed by atoms with Gasteiger partial charge in [0.2, 0.25) is 0 Å². The zero-order valence-corrected chi connectivity index (χ0v) is 15.5. The number of halogens is 1. The van der Waals surface area contributed by atoms with Gasteiger partial charge in [-0.2, -0.15) is 0 Å². The van der Waals surface area contributed by atoms with Gasteiger partial charge in [-0.15, -0.1) is 0 Å². The number of nitro benzene ring substituents is 1. The van der Waals surface area contributed by atoms with Gasteiger partial charge in [0.15, 0.2) is 0 Å². The molecule has 0 aromatic heterocycles. The largest absolute Gasteiger partial charge is 0.488 e. The fourth-order valence-corrected chi connectivity index (χ4v) is 3.36. The first-order valence-electron chi connectivity index (χ1n) is 7.33. The van der Waals surface area contributed by atoms with Crippen LogP contribution in [-0.2, 0) is 11.4 Å². The van der Waals surface area contributed by atoms with Crippen LogP contribution in [0.1, 0.15) is 11.1 Å². The average Bonchev–Trinajstić information content (AvgIpc) is 2.92. The highest BCUT2D eigenvalue weighted by Crippen LogP contribution is 2.32. The molecular weight excluding hydrogens is 396 g/mol. The summed E-state index contributed by atoms with van der Waals surface area (Å²) in [4.78, 5) is 22.8. The van der Waals surface area contributed by atoms with Crippen molar-refractivity contribution in [1.82, 2.24) is 5.32 Å². The number of non-ortho nitro benzene ring substituents is 1. The van der Waals surface area contributed by atoms with Gasteiger partial charge in [-0.05, 0) is 29.8 Å². The van der Waals surface area contributed by atoms with Crippen LogP contribution in [-0.4, -0.2) is 15.2 Å². The predicted molar refractivity (Wildman–Crippen MR) is 105 cm³/mol. The van der Waals surface area contributed by atoms with Crippen molar-refractivity contribution in [3.8, 4) is 5.75 Å². The first kappa shape index (κ1) is 18.4. The van der Waals surface area contributed by atoms with Crippen molar-refractivity contribution >= 4 is 57.6 Å². The molecule has 26 heavy (non-hydrogen) atoms. The molecule has 0 atom stereocenters. The van der Waals surface area contributed by atoms with Gasteiger partial charge in [-0.3, -0.25) is 14.9 Å². The summed E-state index contributed by atoms with van der Waals surface area (Å²) >= 11 is 11.9. The molecule has 2 aromatic rings. The predicted octanol–water partition coefficient (Wildman–Crippen LogP) is 4.32. The Labute approximate surface area is 163 Å². The topological polar surface area (TPSA) is 81.5 Å². The minimum Gasteiger partial charge on any atom is -0.488 e. The smallest absolute Gasteiger partial charge is 0.270 e. The zero-order valence-electron chi connectivity index (χ0n) is 13.1. The number of hydrogen-bond acceptors (Lipinski definition) is 6. The number of hydrogen-bond donors (Lipinski definition) is 1. The fourth-order valence-electron chi connectivity index (χ4n) is 2.20. The van der Waals surface area contributed by atoms with Crippen LogP contribution < -0.4 is 10.1 Å². The van der Waals surface area contributed by atoms with E-state index in [-0.39, 0.29) is 18.2 Å². The minimum atomic E-state index is -0.503. The second-order valence-corrected chi connectivity index (χ2v) is 7.40. The second kappa shape index (κ2) is 7.86. The number of amides is 1. The lowest BCUT2D eigenvalue weighted by Gasteiger charge is -2.10. The summed E-state index contributed by atoms with van der Waals surface area (Å²) in [5.74, 6) is 0.0828. The van der Waals surface area contributed by atoms with E-state index in [4.69, 9.17) is 28.6 Å². The number of rotatable bonds is 5. The molecule has 0 aliphatic carbocycles. The van der Waals surface area contributed by atoms with Crippen molar-refractivity contribution in [2.45, 2.75) is 6.61 Å². The highest BCUT2D eigenvalue weighted by atomic mass is 35.5. The van der Waals surface area contributed by atoms with E-state index in [0.717, 1.165) is 17.3 Å². The number of ether oxygens (including phenoxy) is 1. The molecule has 1 heterocycles. The molecule has 0 spiro atoms. The van der Waals surface area contributed by atoms with Crippen molar-refractivity contribution in [1.29, 1.82) is 0 Å². The summed E-state index contributed by atoms with van der Waals surface area (Å²) in [6.07, 6.45) is 1.53. The van der Waals surface area contributed by atoms with E-state index in [1.807, 2.05) is 12.1 Å². The number of carbonyl (C=O) groups is 1. The lowest BCUT2D eigenvalue weighted by Crippen LogP contribution is -2.17. The van der Waals surface area contributed by atoms with Crippen LogP contribution in [0.3, 0.4) is 0 Å². The molecule has 1 aliphatic heterocycles. The number of carbonyl (C=O) groups excluding carboxylic acids is 1. The summed E-state index contributed by atoms with van der Waals surface area (Å²) < 4.78 is 6.13. The van der Waals surface area contributed by atoms with E-state index in [1.165, 1.54) is 24.3 Å². The van der Waals surface area contributed by atoms with E-state index >= 15 is 0 Å². The average molecular weight is 407 g/mol. The molecule has 6 nitrogen and oxygen atoms in total. The Morgan fingerprint density at radius 2 is 2.00 bits per heavy atom. The molecule has 0 saturated carbocycles. The minimum absolute atomic E-state index is 0.0957. The van der Waals surface area contributed by atoms with Crippen LogP contribution in [0.15, 0.2) is 47.4 Å². The van der Waals surface area contributed by atoms with Gasteiger partial charge in [0.25, 0.3) is 11.6 Å². The molecule has 132 valence electrons. The number of nitrogens with zero attached hydrogens (tertiary/aromatic N) is 1. The molecule has 1 amide bonds. The Hall–Kier alpha value is -2.42. The summed E-state index contributed by atoms with van der Waals surface area (Å²) in [5.41, 5.74) is 1.22. The molecule has 1 fully saturated rings. The van der Waals surface area contributed by atoms with Gasteiger partial charge in [-0.25, -0.2) is 0 Å². The van der Waals surface area contributed by atoms with Crippen LogP contribution in [0.4, 0.5) is 5.69 Å². The molecule has 3 rings (SSSR count). The Morgan fingerprint density at radius 3 is 2.62 bits per heavy atom. The van der Waals surface area contributed by atoms with Gasteiger partial charge in [0, 0.05) is 22.7 Å². The van der Waals surface area contributed by atoms with Crippen LogP contribution in [0, 0.1) is 10.1 Å². The zero-order chi connectivity index (χ0) is 18.7. The van der Waals surface area contributed by atoms with E-state index in [2.05, 4.69) is 5.32 Å². The van der Waals surface area contributed by atoms with Crippen molar-refractivity contribution in [2.75, 3.05) is 0 Å². The molecule has 1 aliphatic rings. The summed E-state index contributed by atoms with van der Waals surface area (Å²) in [5, 5.41) is 14.2. The quantitative estimate of drug-likeness (QED) is 0.345. The first-order valence-corrected chi connectivity index (χ1v) is 8.93. The SMILES string of the molecule is O=C1NC(=S)S/C1=C\c1cc([N+](=O)[O-])ccc1OCc1ccc(Cl)cc1. The van der Waals surface area contributed by atoms with Crippen LogP contribution in [0.5, 0.6) is 5.75 Å². The Morgan fingerprint density at radius 1 is 1.27 bits per heavy atom. The van der Waals surface area contributed by atoms with Crippen LogP contribution >= 0.6 is 35.6 Å². The lowest BCUT2D eigenvalue weighted by molar-refractivity contribution is -0.384. The van der Waals surface area contributed by atoms with E-state index < -0.39 is 4.92 Å². The number of nitro groups is 1. The standard InChI is InChI=1S/C17H11ClN2O4S2/c18-12-3-1-10(2-4-12)9-24-14-6-5-13(20(22)23)7-11(14)8-15-16(21)19-17(25)26-15/h1-8H,9H2,(H,19,21,25)/b15-8-. The van der Waals surface area contributed by atoms with Gasteiger partial charge < -0.3 is 10.1 Å². The fraction of sp³-hybridized carbons (Fsp3) is 0.0588. The lowest BCUT2D eigenvalue weighted by atomic mass is 10.1. The molecule has 0 unspecified atom stereocenters. The van der Waals surface area contributed by atoms with Crippen molar-refractivity contribution in [2.24, 2.45) is 0 Å². The molecule has 1 N–H and O–H groups in total. The summed E-state index contributed by atoms with van der Waals surface area (Å²) in [7, 11) is 0. The maximum absolute atomic E-state index is 11.9. The van der Waals surface area contributed by atoms with Gasteiger partial charge in [0.1, 0.15) is 16.7 Å². The maximum Gasteiger partial charge on any atom is 0.270 e. The van der Waals surface area contributed by atoms with Crippen molar-refractivity contribution in [3.05, 3.63) is 73.6 Å². The Kier molecular flexibility index (Phi) is 5.55. The number of thiocarbonyl (C=S) groups is 1. The maximum atomic E-state index is 11.9. The van der Waals surface area contributed by atoms with Crippen LogP contribution in [0.2, 0.25) is 5.02 Å². The van der Waals surface area contributed by atoms with E-state index in [9.17, 15) is 14.9 Å². The van der Waals surface area contributed by atoms with Crippen molar-refractivity contribution < 1.29 is 14.5 Å². The first-order chi connectivity index (χ1) is 12.4. The highest BCUT2D eigenvalue weighted by Gasteiger charge is 2.23. The van der Waals surface area contributed by atoms with E-state index in [1.54, 1.807) is 12.1 Å². The van der Waals surface area contributed by atoms with Crippen molar-refractivity contribution in [3.63, 3.8) is 0 Å². The Balaban J connectivity index is 1.90. The van der Waals surface area contributed by atoms with Gasteiger partial charge in [-0.1, -0.05) is 47.7 Å². The normalized spacial score (nSPS) is 15.2. The molecule has 0 bridgehead atoms. The molecular formula is C17H11ClN2O4S2. The van der Waals surface area contributed by atoms with Gasteiger partial charge >= 0.3 is 0 Å². The highest BCUT2D eigenvalue weighted by molar-refractivity contribution is 8.26. The summed E-state index contributed by atoms with van der Waals surface area (Å²) in [6.45, 7) is 0.253. The molecule has 9 heteroatoms. The third kappa shape index (κ3) is 4.40.